The first-order valence-electron chi connectivity index (χ1n) is 14.1. The van der Waals surface area contributed by atoms with Gasteiger partial charge in [-0.05, 0) is 92.3 Å². The van der Waals surface area contributed by atoms with Crippen LogP contribution >= 0.6 is 0 Å². The van der Waals surface area contributed by atoms with E-state index in [9.17, 15) is 0 Å². The summed E-state index contributed by atoms with van der Waals surface area (Å²) in [5, 5.41) is 0. The van der Waals surface area contributed by atoms with Crippen LogP contribution in [0.2, 0.25) is 0 Å². The van der Waals surface area contributed by atoms with Crippen molar-refractivity contribution in [3.8, 4) is 0 Å². The van der Waals surface area contributed by atoms with E-state index in [1.807, 2.05) is 0 Å². The van der Waals surface area contributed by atoms with E-state index in [1.54, 1.807) is 57.8 Å². The van der Waals surface area contributed by atoms with Gasteiger partial charge in [0.2, 0.25) is 0 Å². The third-order valence-corrected chi connectivity index (χ3v) is 10.9. The Morgan fingerprint density at radius 3 is 0.793 bits per heavy atom. The van der Waals surface area contributed by atoms with Crippen LogP contribution in [0, 0.1) is 34.5 Å². The second-order valence-corrected chi connectivity index (χ2v) is 12.5. The maximum absolute atomic E-state index is 2.84. The van der Waals surface area contributed by atoms with Crippen molar-refractivity contribution in [1.29, 1.82) is 0 Å². The molecule has 0 atom stereocenters. The highest BCUT2D eigenvalue weighted by Gasteiger charge is 2.50. The fourth-order valence-corrected chi connectivity index (χ4v) is 9.11. The molecule has 0 aliphatic heterocycles. The van der Waals surface area contributed by atoms with Gasteiger partial charge in [-0.15, -0.1) is 0 Å². The minimum atomic E-state index is 0.629. The summed E-state index contributed by atoms with van der Waals surface area (Å²) < 4.78 is 0. The monoisotopic (exact) mass is 400 g/mol. The fourth-order valence-electron chi connectivity index (χ4n) is 9.11. The Hall–Kier alpha value is 0. The van der Waals surface area contributed by atoms with Crippen LogP contribution in [0.5, 0.6) is 0 Å². The second-order valence-electron chi connectivity index (χ2n) is 12.5. The summed E-state index contributed by atoms with van der Waals surface area (Å²) in [4.78, 5) is 0. The Balaban J connectivity index is 1.62. The third-order valence-electron chi connectivity index (χ3n) is 10.9. The molecule has 0 spiro atoms. The summed E-state index contributed by atoms with van der Waals surface area (Å²) in [6.07, 6.45) is 32.3. The van der Waals surface area contributed by atoms with Gasteiger partial charge in [-0.25, -0.2) is 0 Å². The summed E-state index contributed by atoms with van der Waals surface area (Å²) in [6, 6.07) is 0. The van der Waals surface area contributed by atoms with Gasteiger partial charge >= 0.3 is 0 Å². The van der Waals surface area contributed by atoms with Gasteiger partial charge in [-0.1, -0.05) is 90.9 Å². The van der Waals surface area contributed by atoms with Gasteiger partial charge in [0.25, 0.3) is 0 Å². The summed E-state index contributed by atoms with van der Waals surface area (Å²) in [6.45, 7) is 5.67. The average Bonchev–Trinajstić information content (AvgIpc) is 2.81. The molecule has 29 heavy (non-hydrogen) atoms. The van der Waals surface area contributed by atoms with E-state index < -0.39 is 0 Å². The maximum atomic E-state index is 2.84. The van der Waals surface area contributed by atoms with Crippen LogP contribution in [0.15, 0.2) is 0 Å². The van der Waals surface area contributed by atoms with Crippen molar-refractivity contribution < 1.29 is 0 Å². The maximum Gasteiger partial charge on any atom is -0.0264 e. The molecule has 4 aliphatic rings. The van der Waals surface area contributed by atoms with Crippen molar-refractivity contribution in [2.75, 3.05) is 0 Å². The van der Waals surface area contributed by atoms with Crippen molar-refractivity contribution in [3.05, 3.63) is 0 Å². The molecule has 0 heterocycles. The van der Waals surface area contributed by atoms with Crippen LogP contribution in [0.3, 0.4) is 0 Å². The number of hydrogen-bond donors (Lipinski definition) is 0. The van der Waals surface area contributed by atoms with Gasteiger partial charge in [0.15, 0.2) is 0 Å². The van der Waals surface area contributed by atoms with E-state index in [-0.39, 0.29) is 0 Å². The Bertz CT molecular complexity index is 386. The molecule has 0 amide bonds. The Morgan fingerprint density at radius 1 is 0.379 bits per heavy atom. The highest BCUT2D eigenvalue weighted by atomic mass is 14.6. The summed E-state index contributed by atoms with van der Waals surface area (Å²) in [5.74, 6) is 4.13. The van der Waals surface area contributed by atoms with Crippen molar-refractivity contribution in [1.82, 2.24) is 0 Å². The molecule has 0 bridgehead atoms. The minimum absolute atomic E-state index is 0.629. The predicted octanol–water partition coefficient (Wildman–Crippen LogP) is 9.71. The zero-order chi connectivity index (χ0) is 20.2. The SMILES string of the molecule is CC(CC(C)(C1CCCCC1)C1CCCCC1)(C1CCCCC1)C1CCCCC1. The van der Waals surface area contributed by atoms with Gasteiger partial charge < -0.3 is 0 Å². The fraction of sp³-hybridized carbons (Fsp3) is 1.00. The molecule has 0 unspecified atom stereocenters. The second kappa shape index (κ2) is 10.1. The van der Waals surface area contributed by atoms with Gasteiger partial charge in [0.1, 0.15) is 0 Å². The van der Waals surface area contributed by atoms with E-state index in [2.05, 4.69) is 13.8 Å². The summed E-state index contributed by atoms with van der Waals surface area (Å²) >= 11 is 0. The molecule has 4 rings (SSSR count). The molecule has 0 nitrogen and oxygen atoms in total. The van der Waals surface area contributed by atoms with Crippen LogP contribution in [-0.4, -0.2) is 0 Å². The molecule has 4 fully saturated rings. The molecule has 168 valence electrons. The molecule has 0 heteroatoms. The summed E-state index contributed by atoms with van der Waals surface area (Å²) in [5.41, 5.74) is 1.26. The lowest BCUT2D eigenvalue weighted by molar-refractivity contribution is -0.0639. The lowest BCUT2D eigenvalue weighted by Gasteiger charge is -2.56. The topological polar surface area (TPSA) is 0 Å². The largest absolute Gasteiger partial charge is 0.0591 e. The average molecular weight is 401 g/mol. The molecule has 4 saturated carbocycles. The molecular formula is C29H52. The normalized spacial score (nSPS) is 27.9. The van der Waals surface area contributed by atoms with E-state index in [1.165, 1.54) is 77.0 Å². The van der Waals surface area contributed by atoms with E-state index >= 15 is 0 Å². The van der Waals surface area contributed by atoms with Crippen LogP contribution in [0.1, 0.15) is 149 Å². The molecular weight excluding hydrogens is 348 g/mol. The Kier molecular flexibility index (Phi) is 7.72. The van der Waals surface area contributed by atoms with Crippen LogP contribution < -0.4 is 0 Å². The molecule has 0 aromatic rings. The molecule has 0 N–H and O–H groups in total. The highest BCUT2D eigenvalue weighted by Crippen LogP contribution is 2.60. The predicted molar refractivity (Wildman–Crippen MR) is 127 cm³/mol. The van der Waals surface area contributed by atoms with Crippen LogP contribution in [0.4, 0.5) is 0 Å². The van der Waals surface area contributed by atoms with Gasteiger partial charge in [-0.3, -0.25) is 0 Å². The molecule has 0 saturated heterocycles. The van der Waals surface area contributed by atoms with Gasteiger partial charge in [0, 0.05) is 0 Å². The number of rotatable bonds is 6. The Labute approximate surface area is 183 Å². The lowest BCUT2D eigenvalue weighted by atomic mass is 9.49. The van der Waals surface area contributed by atoms with Crippen molar-refractivity contribution in [2.24, 2.45) is 34.5 Å². The minimum Gasteiger partial charge on any atom is -0.0591 e. The summed E-state index contributed by atoms with van der Waals surface area (Å²) in [7, 11) is 0. The van der Waals surface area contributed by atoms with Gasteiger partial charge in [-0.2, -0.15) is 0 Å². The zero-order valence-electron chi connectivity index (χ0n) is 20.2. The van der Waals surface area contributed by atoms with E-state index in [4.69, 9.17) is 0 Å². The standard InChI is InChI=1S/C29H52/c1-28(24-15-7-3-8-16-24,25-17-9-4-10-18-25)23-29(2,26-19-11-5-12-20-26)27-21-13-6-14-22-27/h24-27H,3-23H2,1-2H3. The Morgan fingerprint density at radius 2 is 0.586 bits per heavy atom. The molecule has 0 aromatic carbocycles. The third kappa shape index (κ3) is 4.92. The lowest BCUT2D eigenvalue weighted by Crippen LogP contribution is -2.47. The first kappa shape index (κ1) is 22.2. The molecule has 0 aromatic heterocycles. The number of hydrogen-bond acceptors (Lipinski definition) is 0. The van der Waals surface area contributed by atoms with Crippen LogP contribution in [-0.2, 0) is 0 Å². The highest BCUT2D eigenvalue weighted by molar-refractivity contribution is 5.00. The first-order chi connectivity index (χ1) is 14.1. The smallest absolute Gasteiger partial charge is 0.0264 e. The van der Waals surface area contributed by atoms with E-state index in [0.717, 1.165) is 23.7 Å². The van der Waals surface area contributed by atoms with Crippen molar-refractivity contribution >= 4 is 0 Å². The van der Waals surface area contributed by atoms with E-state index in [0.29, 0.717) is 10.8 Å². The molecule has 0 radical (unpaired) electrons. The van der Waals surface area contributed by atoms with Gasteiger partial charge in [0.05, 0.1) is 0 Å². The zero-order valence-corrected chi connectivity index (χ0v) is 20.2. The first-order valence-corrected chi connectivity index (χ1v) is 14.1. The quantitative estimate of drug-likeness (QED) is 0.416. The van der Waals surface area contributed by atoms with Crippen LogP contribution in [0.25, 0.3) is 0 Å². The molecule has 4 aliphatic carbocycles. The van der Waals surface area contributed by atoms with Crippen molar-refractivity contribution in [3.63, 3.8) is 0 Å². The van der Waals surface area contributed by atoms with Crippen molar-refractivity contribution in [2.45, 2.75) is 149 Å².